The summed E-state index contributed by atoms with van der Waals surface area (Å²) >= 11 is 0. The predicted molar refractivity (Wildman–Crippen MR) is 97.3 cm³/mol. The number of pyridine rings is 1. The van der Waals surface area contributed by atoms with Crippen LogP contribution >= 0.6 is 0 Å². The number of carbonyl (C=O) groups excluding carboxylic acids is 1. The highest BCUT2D eigenvalue weighted by molar-refractivity contribution is 6.19. The lowest BCUT2D eigenvalue weighted by atomic mass is 10.0. The monoisotopic (exact) mass is 380 g/mol. The molecule has 1 saturated carbocycles. The zero-order valence-electron chi connectivity index (χ0n) is 14.9. The van der Waals surface area contributed by atoms with Crippen molar-refractivity contribution in [1.29, 1.82) is 0 Å². The van der Waals surface area contributed by atoms with Crippen LogP contribution in [0.5, 0.6) is 0 Å². The van der Waals surface area contributed by atoms with Crippen LogP contribution in [0.2, 0.25) is 0 Å². The van der Waals surface area contributed by atoms with Gasteiger partial charge < -0.3 is 15.7 Å². The van der Waals surface area contributed by atoms with Crippen molar-refractivity contribution in [3.63, 3.8) is 0 Å². The molecule has 4 heterocycles. The maximum Gasteiger partial charge on any atom is 0.258 e. The van der Waals surface area contributed by atoms with Crippen LogP contribution in [0.1, 0.15) is 40.8 Å². The minimum Gasteiger partial charge on any atom is -0.356 e. The van der Waals surface area contributed by atoms with E-state index >= 15 is 0 Å². The van der Waals surface area contributed by atoms with Crippen LogP contribution in [-0.4, -0.2) is 36.9 Å². The first-order chi connectivity index (χ1) is 13.5. The largest absolute Gasteiger partial charge is 0.356 e. The molecule has 0 bridgehead atoms. The molecule has 8 nitrogen and oxygen atoms in total. The van der Waals surface area contributed by atoms with E-state index in [0.717, 1.165) is 34.0 Å². The molecule has 1 aliphatic carbocycles. The number of rotatable bonds is 3. The number of amides is 1. The van der Waals surface area contributed by atoms with Crippen LogP contribution in [0.15, 0.2) is 36.8 Å². The van der Waals surface area contributed by atoms with E-state index in [0.29, 0.717) is 11.3 Å². The van der Waals surface area contributed by atoms with E-state index in [1.165, 1.54) is 6.20 Å². The van der Waals surface area contributed by atoms with E-state index < -0.39 is 18.2 Å². The smallest absolute Gasteiger partial charge is 0.258 e. The number of aryl methyl sites for hydroxylation is 1. The Morgan fingerprint density at radius 2 is 2.11 bits per heavy atom. The molecule has 0 aromatic carbocycles. The van der Waals surface area contributed by atoms with Gasteiger partial charge in [0.05, 0.1) is 17.5 Å². The molecule has 1 fully saturated rings. The average Bonchev–Trinajstić information content (AvgIpc) is 3.38. The van der Waals surface area contributed by atoms with Crippen LogP contribution < -0.4 is 10.6 Å². The van der Waals surface area contributed by atoms with Crippen molar-refractivity contribution in [1.82, 2.24) is 30.2 Å². The van der Waals surface area contributed by atoms with E-state index in [4.69, 9.17) is 0 Å². The molecule has 3 aromatic rings. The third-order valence-electron chi connectivity index (χ3n) is 5.13. The van der Waals surface area contributed by atoms with Gasteiger partial charge in [-0.15, -0.1) is 0 Å². The average molecular weight is 380 g/mol. The molecule has 3 atom stereocenters. The number of halogens is 1. The summed E-state index contributed by atoms with van der Waals surface area (Å²) < 4.78 is 15.3. The zero-order valence-corrected chi connectivity index (χ0v) is 14.9. The minimum absolute atomic E-state index is 0.118. The molecule has 1 unspecified atom stereocenters. The standard InChI is InChI=1S/C19H17FN6O2/c1-9-2-3-14(21-6-9)11-4-10(11)12-5-15(13-7-23-19(28)24-18(13)27)25-26-16(20)8-22-17(12)26/h2-3,5-8,10-11,19,23,28H,4H2,1H3,(H,24,27)/t10-,11-,19?/m0/s1. The Kier molecular flexibility index (Phi) is 3.66. The van der Waals surface area contributed by atoms with Crippen LogP contribution in [0, 0.1) is 12.9 Å². The Balaban J connectivity index is 1.57. The maximum atomic E-state index is 14.2. The summed E-state index contributed by atoms with van der Waals surface area (Å²) in [5.74, 6) is -0.758. The van der Waals surface area contributed by atoms with Crippen molar-refractivity contribution in [3.05, 3.63) is 65.3 Å². The number of aliphatic hydroxyl groups excluding tert-OH is 1. The van der Waals surface area contributed by atoms with E-state index in [1.54, 1.807) is 6.07 Å². The van der Waals surface area contributed by atoms with Gasteiger partial charge in [0.15, 0.2) is 5.65 Å². The van der Waals surface area contributed by atoms with E-state index in [-0.39, 0.29) is 17.4 Å². The highest BCUT2D eigenvalue weighted by atomic mass is 19.1. The van der Waals surface area contributed by atoms with Gasteiger partial charge in [0.2, 0.25) is 12.3 Å². The molecule has 1 aliphatic heterocycles. The predicted octanol–water partition coefficient (Wildman–Crippen LogP) is 1.18. The first kappa shape index (κ1) is 16.8. The highest BCUT2D eigenvalue weighted by Crippen LogP contribution is 2.55. The molecule has 0 spiro atoms. The molecular weight excluding hydrogens is 363 g/mol. The van der Waals surface area contributed by atoms with Gasteiger partial charge in [0.25, 0.3) is 5.91 Å². The fraction of sp³-hybridized carbons (Fsp3) is 0.263. The quantitative estimate of drug-likeness (QED) is 0.630. The molecule has 5 rings (SSSR count). The van der Waals surface area contributed by atoms with E-state index in [9.17, 15) is 14.3 Å². The molecule has 3 N–H and O–H groups in total. The Bertz CT molecular complexity index is 1120. The molecule has 142 valence electrons. The summed E-state index contributed by atoms with van der Waals surface area (Å²) in [6, 6.07) is 5.80. The number of nitrogens with one attached hydrogen (secondary N) is 2. The second kappa shape index (κ2) is 6.10. The fourth-order valence-electron chi connectivity index (χ4n) is 3.60. The van der Waals surface area contributed by atoms with Crippen molar-refractivity contribution < 1.29 is 14.3 Å². The SMILES string of the molecule is Cc1ccc([C@H]2C[C@@H]2c2cc(C3=CNC(O)NC3=O)nn3c(F)cnc23)nc1. The maximum absolute atomic E-state index is 14.2. The second-order valence-electron chi connectivity index (χ2n) is 7.11. The summed E-state index contributed by atoms with van der Waals surface area (Å²) in [6.07, 6.45) is 4.04. The summed E-state index contributed by atoms with van der Waals surface area (Å²) in [7, 11) is 0. The Morgan fingerprint density at radius 3 is 2.86 bits per heavy atom. The molecule has 1 amide bonds. The van der Waals surface area contributed by atoms with Crippen LogP contribution in [0.25, 0.3) is 11.2 Å². The number of carbonyl (C=O) groups is 1. The van der Waals surface area contributed by atoms with E-state index in [2.05, 4.69) is 25.7 Å². The van der Waals surface area contributed by atoms with Crippen LogP contribution in [0.3, 0.4) is 0 Å². The first-order valence-corrected chi connectivity index (χ1v) is 8.93. The van der Waals surface area contributed by atoms with Crippen molar-refractivity contribution in [3.8, 4) is 0 Å². The lowest BCUT2D eigenvalue weighted by Gasteiger charge is -2.20. The van der Waals surface area contributed by atoms with Gasteiger partial charge in [-0.2, -0.15) is 14.0 Å². The number of hydrogen-bond donors (Lipinski definition) is 3. The number of imidazole rings is 1. The third kappa shape index (κ3) is 2.71. The zero-order chi connectivity index (χ0) is 19.4. The lowest BCUT2D eigenvalue weighted by Crippen LogP contribution is -2.47. The molecule has 28 heavy (non-hydrogen) atoms. The molecule has 9 heteroatoms. The third-order valence-corrected chi connectivity index (χ3v) is 5.13. The summed E-state index contributed by atoms with van der Waals surface area (Å²) in [6.45, 7) is 1.99. The number of fused-ring (bicyclic) bond motifs is 1. The van der Waals surface area contributed by atoms with E-state index in [1.807, 2.05) is 25.3 Å². The molecule has 3 aromatic heterocycles. The van der Waals surface area contributed by atoms with Crippen molar-refractivity contribution >= 4 is 17.1 Å². The number of aliphatic hydroxyl groups is 1. The molecule has 0 saturated heterocycles. The Morgan fingerprint density at radius 1 is 1.25 bits per heavy atom. The summed E-state index contributed by atoms with van der Waals surface area (Å²) in [5, 5.41) is 18.7. The van der Waals surface area contributed by atoms with Crippen molar-refractivity contribution in [2.24, 2.45) is 0 Å². The van der Waals surface area contributed by atoms with Crippen molar-refractivity contribution in [2.75, 3.05) is 0 Å². The van der Waals surface area contributed by atoms with Crippen LogP contribution in [-0.2, 0) is 4.79 Å². The first-order valence-electron chi connectivity index (χ1n) is 8.93. The van der Waals surface area contributed by atoms with Gasteiger partial charge >= 0.3 is 0 Å². The van der Waals surface area contributed by atoms with Gasteiger partial charge in [-0.25, -0.2) is 4.98 Å². The highest BCUT2D eigenvalue weighted by Gasteiger charge is 2.42. The van der Waals surface area contributed by atoms with Crippen LogP contribution in [0.4, 0.5) is 4.39 Å². The van der Waals surface area contributed by atoms with Gasteiger partial charge in [-0.3, -0.25) is 9.78 Å². The summed E-state index contributed by atoms with van der Waals surface area (Å²) in [5.41, 5.74) is 3.85. The second-order valence-corrected chi connectivity index (χ2v) is 7.11. The molecule has 0 radical (unpaired) electrons. The minimum atomic E-state index is -1.16. The Labute approximate surface area is 159 Å². The van der Waals surface area contributed by atoms with Crippen molar-refractivity contribution in [2.45, 2.75) is 31.5 Å². The molecule has 2 aliphatic rings. The number of aromatic nitrogens is 4. The number of hydrogen-bond acceptors (Lipinski definition) is 6. The van der Waals surface area contributed by atoms with Gasteiger partial charge in [0.1, 0.15) is 0 Å². The fourth-order valence-corrected chi connectivity index (χ4v) is 3.60. The van der Waals surface area contributed by atoms with Gasteiger partial charge in [-0.05, 0) is 37.0 Å². The van der Waals surface area contributed by atoms with Gasteiger partial charge in [0, 0.05) is 29.6 Å². The number of nitrogens with zero attached hydrogens (tertiary/aromatic N) is 4. The topological polar surface area (TPSA) is 104 Å². The summed E-state index contributed by atoms with van der Waals surface area (Å²) in [4.78, 5) is 20.9. The lowest BCUT2D eigenvalue weighted by molar-refractivity contribution is -0.119. The van der Waals surface area contributed by atoms with Gasteiger partial charge in [-0.1, -0.05) is 6.07 Å². The Hall–Kier alpha value is -3.33. The normalized spacial score (nSPS) is 23.9. The molecular formula is C19H17FN6O2.